The van der Waals surface area contributed by atoms with Gasteiger partial charge in [-0.1, -0.05) is 20.8 Å². The van der Waals surface area contributed by atoms with Crippen LogP contribution in [0.15, 0.2) is 16.8 Å². The maximum Gasteiger partial charge on any atom is 0.222 e. The molecule has 6 nitrogen and oxygen atoms in total. The molecule has 3 heterocycles. The lowest BCUT2D eigenvalue weighted by Crippen LogP contribution is -2.30. The van der Waals surface area contributed by atoms with E-state index in [0.29, 0.717) is 18.2 Å². The maximum absolute atomic E-state index is 5.87. The van der Waals surface area contributed by atoms with Crippen molar-refractivity contribution in [3.63, 3.8) is 0 Å². The second kappa shape index (κ2) is 5.26. The molecule has 3 rings (SSSR count). The monoisotopic (exact) mass is 290 g/mol. The van der Waals surface area contributed by atoms with E-state index < -0.39 is 0 Å². The summed E-state index contributed by atoms with van der Waals surface area (Å²) in [4.78, 5) is 0. The maximum atomic E-state index is 5.87. The van der Waals surface area contributed by atoms with Gasteiger partial charge in [-0.3, -0.25) is 4.68 Å². The summed E-state index contributed by atoms with van der Waals surface area (Å²) >= 11 is 0. The molecule has 0 unspecified atom stereocenters. The minimum Gasteiger partial charge on any atom is -0.425 e. The molecule has 0 saturated carbocycles. The van der Waals surface area contributed by atoms with Gasteiger partial charge in [0.15, 0.2) is 0 Å². The average molecular weight is 290 g/mol. The predicted molar refractivity (Wildman–Crippen MR) is 76.9 cm³/mol. The molecule has 0 spiro atoms. The molecule has 21 heavy (non-hydrogen) atoms. The summed E-state index contributed by atoms with van der Waals surface area (Å²) in [6, 6.07) is 0. The van der Waals surface area contributed by atoms with Crippen molar-refractivity contribution >= 4 is 0 Å². The van der Waals surface area contributed by atoms with E-state index in [1.54, 1.807) is 4.68 Å². The highest BCUT2D eigenvalue weighted by Gasteiger charge is 2.41. The quantitative estimate of drug-likeness (QED) is 0.868. The molecule has 0 bridgehead atoms. The number of rotatable bonds is 3. The Balaban J connectivity index is 1.75. The fourth-order valence-corrected chi connectivity index (χ4v) is 2.92. The molecule has 0 N–H and O–H groups in total. The van der Waals surface area contributed by atoms with Crippen LogP contribution in [0, 0.1) is 5.41 Å². The van der Waals surface area contributed by atoms with E-state index in [1.807, 2.05) is 19.4 Å². The van der Waals surface area contributed by atoms with Crippen molar-refractivity contribution in [1.82, 2.24) is 20.0 Å². The Kier molecular flexibility index (Phi) is 3.57. The molecule has 0 aliphatic carbocycles. The highest BCUT2D eigenvalue weighted by Crippen LogP contribution is 2.40. The van der Waals surface area contributed by atoms with E-state index in [2.05, 4.69) is 36.1 Å². The lowest BCUT2D eigenvalue weighted by molar-refractivity contribution is 0.0170. The van der Waals surface area contributed by atoms with E-state index in [-0.39, 0.29) is 17.4 Å². The molecule has 0 aromatic carbocycles. The average Bonchev–Trinajstić information content (AvgIpc) is 3.08. The highest BCUT2D eigenvalue weighted by atomic mass is 16.5. The molecule has 1 aliphatic heterocycles. The minimum absolute atomic E-state index is 0.0686. The molecule has 2 aromatic rings. The molecule has 1 aliphatic rings. The second-order valence-corrected chi connectivity index (χ2v) is 6.79. The Morgan fingerprint density at radius 2 is 2.14 bits per heavy atom. The van der Waals surface area contributed by atoms with Crippen LogP contribution < -0.4 is 0 Å². The number of hydrogen-bond acceptors (Lipinski definition) is 5. The van der Waals surface area contributed by atoms with Gasteiger partial charge in [0.25, 0.3) is 0 Å². The standard InChI is InChI=1S/C15H22N4O2/c1-15(2,3)13-11(5-6-20-13)14-18-17-12(21-14)7-10-8-16-19(4)9-10/h8-9,11,13H,5-7H2,1-4H3/t11-,13-/m0/s1. The summed E-state index contributed by atoms with van der Waals surface area (Å²) < 4.78 is 13.5. The fourth-order valence-electron chi connectivity index (χ4n) is 2.92. The van der Waals surface area contributed by atoms with Crippen LogP contribution in [-0.2, 0) is 18.2 Å². The first kappa shape index (κ1) is 14.3. The van der Waals surface area contributed by atoms with Crippen molar-refractivity contribution in [3.05, 3.63) is 29.7 Å². The van der Waals surface area contributed by atoms with E-state index in [9.17, 15) is 0 Å². The number of nitrogens with zero attached hydrogens (tertiary/aromatic N) is 4. The molecule has 2 aromatic heterocycles. The van der Waals surface area contributed by atoms with Gasteiger partial charge < -0.3 is 9.15 Å². The van der Waals surface area contributed by atoms with Crippen LogP contribution in [-0.4, -0.2) is 32.7 Å². The van der Waals surface area contributed by atoms with E-state index in [0.717, 1.165) is 18.6 Å². The molecule has 1 saturated heterocycles. The fraction of sp³-hybridized carbons (Fsp3) is 0.667. The van der Waals surface area contributed by atoms with Gasteiger partial charge in [0.2, 0.25) is 11.8 Å². The first-order chi connectivity index (χ1) is 9.93. The number of aryl methyl sites for hydroxylation is 1. The third-order valence-corrected chi connectivity index (χ3v) is 3.86. The van der Waals surface area contributed by atoms with Gasteiger partial charge in [-0.2, -0.15) is 5.10 Å². The number of aromatic nitrogens is 4. The smallest absolute Gasteiger partial charge is 0.222 e. The third kappa shape index (κ3) is 3.00. The lowest BCUT2D eigenvalue weighted by atomic mass is 9.81. The normalized spacial score (nSPS) is 22.9. The van der Waals surface area contributed by atoms with Crippen LogP contribution in [0.25, 0.3) is 0 Å². The summed E-state index contributed by atoms with van der Waals surface area (Å²) in [5.41, 5.74) is 1.14. The summed E-state index contributed by atoms with van der Waals surface area (Å²) in [5.74, 6) is 1.53. The van der Waals surface area contributed by atoms with Crippen molar-refractivity contribution in [1.29, 1.82) is 0 Å². The van der Waals surface area contributed by atoms with E-state index in [4.69, 9.17) is 9.15 Å². The van der Waals surface area contributed by atoms with E-state index >= 15 is 0 Å². The molecule has 6 heteroatoms. The summed E-state index contributed by atoms with van der Waals surface area (Å²) in [6.45, 7) is 7.31. The van der Waals surface area contributed by atoms with Crippen LogP contribution in [0.3, 0.4) is 0 Å². The van der Waals surface area contributed by atoms with Crippen LogP contribution >= 0.6 is 0 Å². The molecule has 1 fully saturated rings. The van der Waals surface area contributed by atoms with Crippen molar-refractivity contribution in [2.24, 2.45) is 12.5 Å². The highest BCUT2D eigenvalue weighted by molar-refractivity contribution is 5.10. The van der Waals surface area contributed by atoms with Crippen LogP contribution in [0.4, 0.5) is 0 Å². The van der Waals surface area contributed by atoms with Crippen LogP contribution in [0.5, 0.6) is 0 Å². The summed E-state index contributed by atoms with van der Waals surface area (Å²) in [7, 11) is 1.90. The van der Waals surface area contributed by atoms with Gasteiger partial charge in [0.1, 0.15) is 0 Å². The Morgan fingerprint density at radius 1 is 1.33 bits per heavy atom. The predicted octanol–water partition coefficient (Wildman–Crippen LogP) is 2.31. The summed E-state index contributed by atoms with van der Waals surface area (Å²) in [5, 5.41) is 12.6. The third-order valence-electron chi connectivity index (χ3n) is 3.86. The topological polar surface area (TPSA) is 66.0 Å². The molecule has 0 amide bonds. The Labute approximate surface area is 124 Å². The second-order valence-electron chi connectivity index (χ2n) is 6.79. The van der Waals surface area contributed by atoms with Crippen LogP contribution in [0.2, 0.25) is 0 Å². The molecule has 2 atom stereocenters. The van der Waals surface area contributed by atoms with Crippen molar-refractivity contribution < 1.29 is 9.15 Å². The zero-order valence-electron chi connectivity index (χ0n) is 13.0. The molecular formula is C15H22N4O2. The minimum atomic E-state index is 0.0686. The van der Waals surface area contributed by atoms with Gasteiger partial charge in [0.05, 0.1) is 24.6 Å². The van der Waals surface area contributed by atoms with Gasteiger partial charge in [0, 0.05) is 19.9 Å². The first-order valence-electron chi connectivity index (χ1n) is 7.35. The van der Waals surface area contributed by atoms with Crippen LogP contribution in [0.1, 0.15) is 50.5 Å². The Bertz CT molecular complexity index is 611. The summed E-state index contributed by atoms with van der Waals surface area (Å²) in [6.07, 6.45) is 5.47. The zero-order chi connectivity index (χ0) is 15.0. The van der Waals surface area contributed by atoms with Gasteiger partial charge in [-0.25, -0.2) is 0 Å². The first-order valence-corrected chi connectivity index (χ1v) is 7.35. The number of ether oxygens (including phenoxy) is 1. The lowest BCUT2D eigenvalue weighted by Gasteiger charge is -2.29. The zero-order valence-corrected chi connectivity index (χ0v) is 13.0. The van der Waals surface area contributed by atoms with Crippen molar-refractivity contribution in [3.8, 4) is 0 Å². The van der Waals surface area contributed by atoms with Gasteiger partial charge in [-0.15, -0.1) is 10.2 Å². The number of hydrogen-bond donors (Lipinski definition) is 0. The largest absolute Gasteiger partial charge is 0.425 e. The SMILES string of the molecule is Cn1cc(Cc2nnc([C@H]3CCO[C@@H]3C(C)(C)C)o2)cn1. The van der Waals surface area contributed by atoms with E-state index in [1.165, 1.54) is 0 Å². The Morgan fingerprint density at radius 3 is 2.81 bits per heavy atom. The van der Waals surface area contributed by atoms with Crippen molar-refractivity contribution in [2.45, 2.75) is 45.6 Å². The van der Waals surface area contributed by atoms with Gasteiger partial charge >= 0.3 is 0 Å². The van der Waals surface area contributed by atoms with Crippen molar-refractivity contribution in [2.75, 3.05) is 6.61 Å². The molecule has 0 radical (unpaired) electrons. The molecular weight excluding hydrogens is 268 g/mol. The Hall–Kier alpha value is -1.69. The van der Waals surface area contributed by atoms with Gasteiger partial charge in [-0.05, 0) is 17.4 Å². The molecule has 114 valence electrons.